The summed E-state index contributed by atoms with van der Waals surface area (Å²) in [5.41, 5.74) is 1.59. The van der Waals surface area contributed by atoms with Gasteiger partial charge in [-0.15, -0.1) is 0 Å². The van der Waals surface area contributed by atoms with Crippen molar-refractivity contribution < 1.29 is 19.1 Å². The van der Waals surface area contributed by atoms with Gasteiger partial charge in [-0.3, -0.25) is 9.59 Å². The highest BCUT2D eigenvalue weighted by Crippen LogP contribution is 2.30. The fourth-order valence-electron chi connectivity index (χ4n) is 3.03. The summed E-state index contributed by atoms with van der Waals surface area (Å²) >= 11 is 6.74. The second kappa shape index (κ2) is 11.9. The molecule has 0 aromatic heterocycles. The summed E-state index contributed by atoms with van der Waals surface area (Å²) in [6.45, 7) is 2.52. The highest BCUT2D eigenvalue weighted by atomic mass is 79.9. The molecule has 0 bridgehead atoms. The van der Waals surface area contributed by atoms with Crippen LogP contribution in [0.4, 0.5) is 0 Å². The van der Waals surface area contributed by atoms with Crippen LogP contribution in [0, 0.1) is 0 Å². The smallest absolute Gasteiger partial charge is 0.253 e. The molecule has 0 aliphatic heterocycles. The van der Waals surface area contributed by atoms with Crippen molar-refractivity contribution in [2.45, 2.75) is 19.5 Å². The Morgan fingerprint density at radius 2 is 1.33 bits per heavy atom. The van der Waals surface area contributed by atoms with Crippen LogP contribution in [0.15, 0.2) is 75.7 Å². The fourth-order valence-corrected chi connectivity index (χ4v) is 3.56. The molecule has 3 aromatic rings. The number of carbonyl (C=O) groups is 2. The van der Waals surface area contributed by atoms with Crippen molar-refractivity contribution in [1.82, 2.24) is 10.6 Å². The largest absolute Gasteiger partial charge is 0.493 e. The van der Waals surface area contributed by atoms with Crippen molar-refractivity contribution in [2.24, 2.45) is 0 Å². The number of nitrogens with one attached hydrogen (secondary N) is 2. The molecule has 6 nitrogen and oxygen atoms in total. The number of hydrogen-bond acceptors (Lipinski definition) is 4. The number of rotatable bonds is 9. The quantitative estimate of drug-likeness (QED) is 0.313. The van der Waals surface area contributed by atoms with Crippen LogP contribution in [0.2, 0.25) is 0 Å². The molecule has 0 aliphatic carbocycles. The first-order valence-corrected chi connectivity index (χ1v) is 11.9. The van der Waals surface area contributed by atoms with Crippen molar-refractivity contribution in [3.05, 3.63) is 92.4 Å². The van der Waals surface area contributed by atoms with Gasteiger partial charge < -0.3 is 20.1 Å². The maximum Gasteiger partial charge on any atom is 0.253 e. The number of ether oxygens (including phenoxy) is 2. The van der Waals surface area contributed by atoms with Crippen LogP contribution in [0.25, 0.3) is 0 Å². The maximum atomic E-state index is 12.9. The van der Waals surface area contributed by atoms with Crippen molar-refractivity contribution >= 4 is 43.7 Å². The summed E-state index contributed by atoms with van der Waals surface area (Å²) in [4.78, 5) is 25.9. The Morgan fingerprint density at radius 3 is 1.79 bits per heavy atom. The van der Waals surface area contributed by atoms with E-state index in [4.69, 9.17) is 9.47 Å². The number of hydrogen-bond donors (Lipinski definition) is 2. The number of amides is 2. The van der Waals surface area contributed by atoms with Gasteiger partial charge >= 0.3 is 0 Å². The Hall–Kier alpha value is -2.84. The van der Waals surface area contributed by atoms with Gasteiger partial charge in [0, 0.05) is 20.1 Å². The van der Waals surface area contributed by atoms with Crippen LogP contribution in [0.1, 0.15) is 45.8 Å². The lowest BCUT2D eigenvalue weighted by molar-refractivity contribution is 0.0883. The molecule has 8 heteroatoms. The summed E-state index contributed by atoms with van der Waals surface area (Å²) in [6, 6.07) is 19.3. The summed E-state index contributed by atoms with van der Waals surface area (Å²) < 4.78 is 12.9. The molecule has 0 saturated carbocycles. The molecule has 0 radical (unpaired) electrons. The Balaban J connectivity index is 1.91. The Kier molecular flexibility index (Phi) is 8.91. The second-order valence-corrected chi connectivity index (χ2v) is 8.98. The normalized spacial score (nSPS) is 10.6. The van der Waals surface area contributed by atoms with E-state index in [1.54, 1.807) is 73.8 Å². The zero-order valence-corrected chi connectivity index (χ0v) is 21.4. The lowest BCUT2D eigenvalue weighted by atomic mass is 10.1. The Bertz CT molecular complexity index is 1040. The van der Waals surface area contributed by atoms with E-state index in [1.165, 1.54) is 0 Å². The Morgan fingerprint density at radius 1 is 0.818 bits per heavy atom. The van der Waals surface area contributed by atoms with Gasteiger partial charge in [-0.1, -0.05) is 44.8 Å². The molecule has 0 aliphatic rings. The average molecular weight is 576 g/mol. The lowest BCUT2D eigenvalue weighted by Gasteiger charge is -2.22. The average Bonchev–Trinajstić information content (AvgIpc) is 2.82. The number of halogens is 2. The van der Waals surface area contributed by atoms with Crippen LogP contribution in [-0.4, -0.2) is 25.5 Å². The van der Waals surface area contributed by atoms with Crippen molar-refractivity contribution in [3.8, 4) is 11.5 Å². The summed E-state index contributed by atoms with van der Waals surface area (Å²) in [7, 11) is 1.57. The van der Waals surface area contributed by atoms with Crippen LogP contribution < -0.4 is 20.1 Å². The molecule has 0 atom stereocenters. The van der Waals surface area contributed by atoms with Crippen LogP contribution >= 0.6 is 31.9 Å². The summed E-state index contributed by atoms with van der Waals surface area (Å²) in [5.74, 6) is 0.466. The molecule has 0 unspecified atom stereocenters. The van der Waals surface area contributed by atoms with Crippen LogP contribution in [0.3, 0.4) is 0 Å². The molecule has 3 rings (SSSR count). The van der Waals surface area contributed by atoms with Gasteiger partial charge in [0.1, 0.15) is 6.17 Å². The standard InChI is InChI=1S/C25H24Br2N2O4/c1-3-14-33-22-15-18(8-13-21(22)32-2)23(28-24(30)16-4-9-19(26)10-5-16)29-25(31)17-6-11-20(27)12-7-17/h4-13,15,23H,3,14H2,1-2H3,(H,28,30)(H,29,31). The molecule has 2 amide bonds. The number of methoxy groups -OCH3 is 1. The molecule has 0 fully saturated rings. The van der Waals surface area contributed by atoms with E-state index in [2.05, 4.69) is 42.5 Å². The molecule has 0 saturated heterocycles. The van der Waals surface area contributed by atoms with Gasteiger partial charge in [0.15, 0.2) is 11.5 Å². The maximum absolute atomic E-state index is 12.9. The third kappa shape index (κ3) is 6.82. The molecule has 2 N–H and O–H groups in total. The van der Waals surface area contributed by atoms with E-state index in [0.717, 1.165) is 15.4 Å². The van der Waals surface area contributed by atoms with Crippen molar-refractivity contribution in [2.75, 3.05) is 13.7 Å². The highest BCUT2D eigenvalue weighted by molar-refractivity contribution is 9.10. The number of benzene rings is 3. The van der Waals surface area contributed by atoms with E-state index in [0.29, 0.717) is 34.8 Å². The molecule has 0 spiro atoms. The third-order valence-corrected chi connectivity index (χ3v) is 5.80. The van der Waals surface area contributed by atoms with Crippen molar-refractivity contribution in [1.29, 1.82) is 0 Å². The van der Waals surface area contributed by atoms with E-state index < -0.39 is 6.17 Å². The highest BCUT2D eigenvalue weighted by Gasteiger charge is 2.21. The zero-order chi connectivity index (χ0) is 23.8. The van der Waals surface area contributed by atoms with Gasteiger partial charge in [-0.2, -0.15) is 0 Å². The molecular weight excluding hydrogens is 552 g/mol. The predicted octanol–water partition coefficient (Wildman–Crippen LogP) is 5.87. The monoisotopic (exact) mass is 574 g/mol. The summed E-state index contributed by atoms with van der Waals surface area (Å²) in [5, 5.41) is 5.82. The first kappa shape index (κ1) is 24.8. The van der Waals surface area contributed by atoms with Crippen LogP contribution in [-0.2, 0) is 0 Å². The van der Waals surface area contributed by atoms with Gasteiger partial charge in [0.25, 0.3) is 11.8 Å². The van der Waals surface area contributed by atoms with Gasteiger partial charge in [-0.25, -0.2) is 0 Å². The van der Waals surface area contributed by atoms with E-state index in [1.807, 2.05) is 6.92 Å². The number of carbonyl (C=O) groups excluding carboxylic acids is 2. The zero-order valence-electron chi connectivity index (χ0n) is 18.2. The SMILES string of the molecule is CCCOc1cc(C(NC(=O)c2ccc(Br)cc2)NC(=O)c2ccc(Br)cc2)ccc1OC. The van der Waals surface area contributed by atoms with Gasteiger partial charge in [-0.05, 0) is 72.6 Å². The lowest BCUT2D eigenvalue weighted by Crippen LogP contribution is -2.41. The van der Waals surface area contributed by atoms with E-state index in [9.17, 15) is 9.59 Å². The molecule has 172 valence electrons. The van der Waals surface area contributed by atoms with E-state index >= 15 is 0 Å². The first-order valence-electron chi connectivity index (χ1n) is 10.3. The van der Waals surface area contributed by atoms with E-state index in [-0.39, 0.29) is 11.8 Å². The minimum absolute atomic E-state index is 0.324. The third-order valence-electron chi connectivity index (χ3n) is 4.75. The van der Waals surface area contributed by atoms with Gasteiger partial charge in [0.05, 0.1) is 13.7 Å². The minimum atomic E-state index is -0.799. The predicted molar refractivity (Wildman–Crippen MR) is 135 cm³/mol. The fraction of sp³-hybridized carbons (Fsp3) is 0.200. The molecular formula is C25H24Br2N2O4. The molecule has 0 heterocycles. The topological polar surface area (TPSA) is 76.7 Å². The molecule has 3 aromatic carbocycles. The second-order valence-electron chi connectivity index (χ2n) is 7.15. The Labute approximate surface area is 209 Å². The minimum Gasteiger partial charge on any atom is -0.493 e. The van der Waals surface area contributed by atoms with Crippen LogP contribution in [0.5, 0.6) is 11.5 Å². The van der Waals surface area contributed by atoms with Gasteiger partial charge in [0.2, 0.25) is 0 Å². The molecule has 33 heavy (non-hydrogen) atoms. The van der Waals surface area contributed by atoms with Crippen molar-refractivity contribution in [3.63, 3.8) is 0 Å². The summed E-state index contributed by atoms with van der Waals surface area (Å²) in [6.07, 6.45) is 0.0319. The first-order chi connectivity index (χ1) is 15.9.